The van der Waals surface area contributed by atoms with Crippen LogP contribution in [0.25, 0.3) is 0 Å². The average Bonchev–Trinajstić information content (AvgIpc) is 1.61. The van der Waals surface area contributed by atoms with E-state index in [-0.39, 0.29) is 6.61 Å². The molecule has 0 aromatic carbocycles. The monoisotopic (exact) mass is 108 g/mol. The van der Waals surface area contributed by atoms with Gasteiger partial charge >= 0.3 is 0 Å². The molecule has 0 aliphatic rings. The molecule has 44 valence electrons. The third kappa shape index (κ3) is 5.85. The second kappa shape index (κ2) is 4.02. The highest BCUT2D eigenvalue weighted by molar-refractivity contribution is 4.37. The number of halogens is 1. The van der Waals surface area contributed by atoms with Crippen molar-refractivity contribution in [3.8, 4) is 0 Å². The Morgan fingerprint density at radius 1 is 1.71 bits per heavy atom. The van der Waals surface area contributed by atoms with E-state index in [1.54, 1.807) is 0 Å². The van der Waals surface area contributed by atoms with Crippen molar-refractivity contribution in [3.63, 3.8) is 0 Å². The topological polar surface area (TPSA) is 18.5 Å². The van der Waals surface area contributed by atoms with Gasteiger partial charge in [-0.05, 0) is 6.92 Å². The second-order valence-corrected chi connectivity index (χ2v) is 1.23. The lowest BCUT2D eigenvalue weighted by molar-refractivity contribution is -0.279. The smallest absolute Gasteiger partial charge is 0.124 e. The average molecular weight is 108 g/mol. The van der Waals surface area contributed by atoms with E-state index in [4.69, 9.17) is 0 Å². The first-order chi connectivity index (χ1) is 3.27. The molecule has 0 radical (unpaired) electrons. The minimum Gasteiger partial charge on any atom is -0.245 e. The molecule has 0 saturated heterocycles. The predicted octanol–water partition coefficient (Wildman–Crippen LogP) is 0.922. The zero-order chi connectivity index (χ0) is 5.70. The van der Waals surface area contributed by atoms with E-state index < -0.39 is 6.17 Å². The van der Waals surface area contributed by atoms with Crippen molar-refractivity contribution in [2.45, 2.75) is 13.1 Å². The molecule has 2 nitrogen and oxygen atoms in total. The number of alkyl halides is 1. The molecule has 0 heterocycles. The van der Waals surface area contributed by atoms with Gasteiger partial charge in [-0.25, -0.2) is 14.2 Å². The molecule has 0 N–H and O–H groups in total. The summed E-state index contributed by atoms with van der Waals surface area (Å²) >= 11 is 0. The molecule has 1 atom stereocenters. The van der Waals surface area contributed by atoms with Crippen molar-refractivity contribution >= 4 is 0 Å². The lowest BCUT2D eigenvalue weighted by Gasteiger charge is -1.97. The molecule has 3 heteroatoms. The first-order valence-electron chi connectivity index (χ1n) is 2.07. The Balaban J connectivity index is 2.68. The number of hydrogen-bond acceptors (Lipinski definition) is 2. The molecular formula is C4H9FO2. The van der Waals surface area contributed by atoms with Crippen LogP contribution in [0.2, 0.25) is 0 Å². The Hall–Kier alpha value is -0.150. The van der Waals surface area contributed by atoms with E-state index in [9.17, 15) is 4.39 Å². The number of hydrogen-bond donors (Lipinski definition) is 0. The lowest BCUT2D eigenvalue weighted by atomic mass is 10.5. The fourth-order valence-corrected chi connectivity index (χ4v) is 0.162. The molecule has 0 rings (SSSR count). The summed E-state index contributed by atoms with van der Waals surface area (Å²) in [4.78, 5) is 8.33. The summed E-state index contributed by atoms with van der Waals surface area (Å²) in [7, 11) is 1.35. The highest BCUT2D eigenvalue weighted by atomic mass is 19.1. The van der Waals surface area contributed by atoms with E-state index in [0.717, 1.165) is 0 Å². The van der Waals surface area contributed by atoms with Crippen LogP contribution in [-0.2, 0) is 9.78 Å². The standard InChI is InChI=1S/C4H9FO2/c1-4(5)3-7-6-2/h4H,3H2,1-2H3. The Kier molecular flexibility index (Phi) is 3.93. The van der Waals surface area contributed by atoms with E-state index in [0.29, 0.717) is 0 Å². The van der Waals surface area contributed by atoms with Crippen LogP contribution < -0.4 is 0 Å². The summed E-state index contributed by atoms with van der Waals surface area (Å²) in [6.07, 6.45) is -0.944. The Labute approximate surface area is 42.2 Å². The third-order valence-electron chi connectivity index (χ3n) is 0.416. The van der Waals surface area contributed by atoms with Gasteiger partial charge in [0.1, 0.15) is 12.8 Å². The molecule has 0 aromatic heterocycles. The summed E-state index contributed by atoms with van der Waals surface area (Å²) in [5.41, 5.74) is 0. The third-order valence-corrected chi connectivity index (χ3v) is 0.416. The van der Waals surface area contributed by atoms with Crippen molar-refractivity contribution in [2.75, 3.05) is 13.7 Å². The second-order valence-electron chi connectivity index (χ2n) is 1.23. The van der Waals surface area contributed by atoms with Gasteiger partial charge in [-0.1, -0.05) is 0 Å². The van der Waals surface area contributed by atoms with Crippen molar-refractivity contribution in [1.82, 2.24) is 0 Å². The minimum atomic E-state index is -0.944. The van der Waals surface area contributed by atoms with Gasteiger partial charge in [-0.3, -0.25) is 0 Å². The molecule has 0 aromatic rings. The molecule has 0 aliphatic heterocycles. The van der Waals surface area contributed by atoms with Crippen LogP contribution in [0.15, 0.2) is 0 Å². The predicted molar refractivity (Wildman–Crippen MR) is 23.5 cm³/mol. The summed E-state index contributed by atoms with van der Waals surface area (Å²) in [5.74, 6) is 0. The molecule has 0 saturated carbocycles. The van der Waals surface area contributed by atoms with E-state index in [2.05, 4.69) is 9.78 Å². The van der Waals surface area contributed by atoms with Gasteiger partial charge in [0.25, 0.3) is 0 Å². The van der Waals surface area contributed by atoms with Crippen molar-refractivity contribution < 1.29 is 14.2 Å². The normalized spacial score (nSPS) is 14.1. The molecular weight excluding hydrogens is 99.0 g/mol. The van der Waals surface area contributed by atoms with Gasteiger partial charge in [0, 0.05) is 0 Å². The van der Waals surface area contributed by atoms with Gasteiger partial charge in [-0.2, -0.15) is 0 Å². The van der Waals surface area contributed by atoms with Crippen LogP contribution in [0.3, 0.4) is 0 Å². The molecule has 0 fully saturated rings. The first kappa shape index (κ1) is 6.85. The van der Waals surface area contributed by atoms with Crippen molar-refractivity contribution in [1.29, 1.82) is 0 Å². The maximum absolute atomic E-state index is 11.7. The molecule has 7 heavy (non-hydrogen) atoms. The maximum atomic E-state index is 11.7. The summed E-state index contributed by atoms with van der Waals surface area (Å²) in [6, 6.07) is 0. The largest absolute Gasteiger partial charge is 0.245 e. The first-order valence-corrected chi connectivity index (χ1v) is 2.07. The molecule has 0 spiro atoms. The highest BCUT2D eigenvalue weighted by Gasteiger charge is 1.94. The van der Waals surface area contributed by atoms with Crippen molar-refractivity contribution in [2.24, 2.45) is 0 Å². The van der Waals surface area contributed by atoms with E-state index in [1.165, 1.54) is 14.0 Å². The Morgan fingerprint density at radius 2 is 2.29 bits per heavy atom. The van der Waals surface area contributed by atoms with Gasteiger partial charge in [-0.15, -0.1) is 0 Å². The Bertz CT molecular complexity index is 38.7. The van der Waals surface area contributed by atoms with Crippen molar-refractivity contribution in [3.05, 3.63) is 0 Å². The zero-order valence-electron chi connectivity index (χ0n) is 4.48. The van der Waals surface area contributed by atoms with Crippen LogP contribution in [0.5, 0.6) is 0 Å². The summed E-state index contributed by atoms with van der Waals surface area (Å²) in [5, 5.41) is 0. The minimum absolute atomic E-state index is 0.0104. The van der Waals surface area contributed by atoms with Crippen LogP contribution in [0, 0.1) is 0 Å². The van der Waals surface area contributed by atoms with Crippen LogP contribution in [0.1, 0.15) is 6.92 Å². The molecule has 0 amide bonds. The SMILES string of the molecule is COOCC(C)F. The Morgan fingerprint density at radius 3 is 2.43 bits per heavy atom. The summed E-state index contributed by atoms with van der Waals surface area (Å²) < 4.78 is 11.7. The van der Waals surface area contributed by atoms with E-state index in [1.807, 2.05) is 0 Å². The lowest BCUT2D eigenvalue weighted by Crippen LogP contribution is -2.03. The molecule has 0 bridgehead atoms. The fraction of sp³-hybridized carbons (Fsp3) is 1.00. The van der Waals surface area contributed by atoms with Gasteiger partial charge in [0.05, 0.1) is 7.11 Å². The van der Waals surface area contributed by atoms with Gasteiger partial charge < -0.3 is 0 Å². The summed E-state index contributed by atoms with van der Waals surface area (Å²) in [6.45, 7) is 1.41. The highest BCUT2D eigenvalue weighted by Crippen LogP contribution is 1.87. The quantitative estimate of drug-likeness (QED) is 0.395. The van der Waals surface area contributed by atoms with Crippen LogP contribution in [0.4, 0.5) is 4.39 Å². The molecule has 1 unspecified atom stereocenters. The van der Waals surface area contributed by atoms with E-state index >= 15 is 0 Å². The zero-order valence-corrected chi connectivity index (χ0v) is 4.48. The van der Waals surface area contributed by atoms with Crippen LogP contribution >= 0.6 is 0 Å². The van der Waals surface area contributed by atoms with Gasteiger partial charge in [0.2, 0.25) is 0 Å². The number of rotatable bonds is 3. The maximum Gasteiger partial charge on any atom is 0.124 e. The van der Waals surface area contributed by atoms with Gasteiger partial charge in [0.15, 0.2) is 0 Å². The van der Waals surface area contributed by atoms with Crippen LogP contribution in [-0.4, -0.2) is 19.9 Å². The fourth-order valence-electron chi connectivity index (χ4n) is 0.162. The molecule has 0 aliphatic carbocycles.